The fourth-order valence-corrected chi connectivity index (χ4v) is 1.95. The minimum absolute atomic E-state index is 0.0545. The molecule has 0 saturated heterocycles. The van der Waals surface area contributed by atoms with Gasteiger partial charge in [0.25, 0.3) is 0 Å². The maximum Gasteiger partial charge on any atom is 0.107 e. The number of aliphatic imine (C=N–C) groups is 1. The lowest BCUT2D eigenvalue weighted by Gasteiger charge is -2.25. The smallest absolute Gasteiger partial charge is 0.107 e. The number of hydrogen-bond acceptors (Lipinski definition) is 2. The summed E-state index contributed by atoms with van der Waals surface area (Å²) in [6.45, 7) is 6.18. The second kappa shape index (κ2) is 3.86. The third-order valence-electron chi connectivity index (χ3n) is 2.83. The van der Waals surface area contributed by atoms with E-state index in [4.69, 9.17) is 11.6 Å². The fourth-order valence-electron chi connectivity index (χ4n) is 1.82. The molecule has 0 amide bonds. The van der Waals surface area contributed by atoms with Crippen LogP contribution in [0.15, 0.2) is 29.3 Å². The number of rotatable bonds is 2. The van der Waals surface area contributed by atoms with Crippen LogP contribution >= 0.6 is 11.6 Å². The van der Waals surface area contributed by atoms with E-state index in [1.807, 2.05) is 12.1 Å². The van der Waals surface area contributed by atoms with Gasteiger partial charge in [-0.2, -0.15) is 0 Å². The van der Waals surface area contributed by atoms with Crippen molar-refractivity contribution in [3.05, 3.63) is 34.9 Å². The van der Waals surface area contributed by atoms with Crippen molar-refractivity contribution in [3.63, 3.8) is 0 Å². The lowest BCUT2D eigenvalue weighted by atomic mass is 9.83. The largest absolute Gasteiger partial charge is 0.371 e. The Morgan fingerprint density at radius 1 is 1.27 bits per heavy atom. The van der Waals surface area contributed by atoms with Crippen molar-refractivity contribution in [1.82, 2.24) is 5.32 Å². The van der Waals surface area contributed by atoms with Crippen LogP contribution in [0.2, 0.25) is 5.02 Å². The lowest BCUT2D eigenvalue weighted by molar-refractivity contribution is 0.695. The van der Waals surface area contributed by atoms with Crippen molar-refractivity contribution < 1.29 is 0 Å². The first-order valence-corrected chi connectivity index (χ1v) is 5.53. The number of hydrogen-bond donors (Lipinski definition) is 1. The molecule has 1 N–H and O–H groups in total. The first kappa shape index (κ1) is 10.5. The second-order valence-corrected chi connectivity index (χ2v) is 4.73. The summed E-state index contributed by atoms with van der Waals surface area (Å²) in [7, 11) is 0. The van der Waals surface area contributed by atoms with E-state index in [9.17, 15) is 0 Å². The van der Waals surface area contributed by atoms with Gasteiger partial charge in [-0.15, -0.1) is 0 Å². The van der Waals surface area contributed by atoms with Gasteiger partial charge >= 0.3 is 0 Å². The SMILES string of the molecule is CC(C)(C1=NCCN1)c1ccc(Cl)cc1. The quantitative estimate of drug-likeness (QED) is 0.818. The molecule has 2 nitrogen and oxygen atoms in total. The number of nitrogens with zero attached hydrogens (tertiary/aromatic N) is 1. The zero-order valence-corrected chi connectivity index (χ0v) is 9.80. The number of halogens is 1. The van der Waals surface area contributed by atoms with Crippen LogP contribution in [0.1, 0.15) is 19.4 Å². The number of amidine groups is 1. The monoisotopic (exact) mass is 222 g/mol. The molecule has 0 fully saturated rings. The molecule has 80 valence electrons. The number of nitrogens with one attached hydrogen (secondary N) is 1. The molecule has 1 heterocycles. The Labute approximate surface area is 95.4 Å². The van der Waals surface area contributed by atoms with Gasteiger partial charge in [0.15, 0.2) is 0 Å². The van der Waals surface area contributed by atoms with Crippen molar-refractivity contribution in [2.24, 2.45) is 4.99 Å². The highest BCUT2D eigenvalue weighted by Crippen LogP contribution is 2.26. The van der Waals surface area contributed by atoms with Gasteiger partial charge in [0.1, 0.15) is 5.84 Å². The third-order valence-corrected chi connectivity index (χ3v) is 3.08. The Morgan fingerprint density at radius 2 is 1.93 bits per heavy atom. The van der Waals surface area contributed by atoms with Gasteiger partial charge < -0.3 is 5.32 Å². The van der Waals surface area contributed by atoms with Gasteiger partial charge in [-0.05, 0) is 31.5 Å². The molecule has 0 bridgehead atoms. The van der Waals surface area contributed by atoms with Gasteiger partial charge in [-0.1, -0.05) is 23.7 Å². The summed E-state index contributed by atoms with van der Waals surface area (Å²) in [4.78, 5) is 4.48. The Hall–Kier alpha value is -1.02. The molecule has 1 aliphatic heterocycles. The Bertz CT molecular complexity index is 379. The first-order chi connectivity index (χ1) is 7.10. The summed E-state index contributed by atoms with van der Waals surface area (Å²) < 4.78 is 0. The zero-order chi connectivity index (χ0) is 10.9. The van der Waals surface area contributed by atoms with Crippen molar-refractivity contribution in [2.75, 3.05) is 13.1 Å². The molecule has 1 aliphatic rings. The Morgan fingerprint density at radius 3 is 2.47 bits per heavy atom. The summed E-state index contributed by atoms with van der Waals surface area (Å²) in [5, 5.41) is 4.10. The second-order valence-electron chi connectivity index (χ2n) is 4.29. The van der Waals surface area contributed by atoms with Crippen molar-refractivity contribution in [1.29, 1.82) is 0 Å². The van der Waals surface area contributed by atoms with Crippen LogP contribution in [0.5, 0.6) is 0 Å². The van der Waals surface area contributed by atoms with Crippen LogP contribution in [0.4, 0.5) is 0 Å². The van der Waals surface area contributed by atoms with E-state index >= 15 is 0 Å². The van der Waals surface area contributed by atoms with E-state index in [-0.39, 0.29) is 5.41 Å². The minimum atomic E-state index is -0.0545. The average Bonchev–Trinajstić information content (AvgIpc) is 2.71. The standard InChI is InChI=1S/C12H15ClN2/c1-12(2,11-14-7-8-15-11)9-3-5-10(13)6-4-9/h3-6H,7-8H2,1-2H3,(H,14,15). The maximum absolute atomic E-state index is 5.88. The summed E-state index contributed by atoms with van der Waals surface area (Å²) >= 11 is 5.88. The molecule has 0 unspecified atom stereocenters. The molecule has 2 rings (SSSR count). The maximum atomic E-state index is 5.88. The van der Waals surface area contributed by atoms with Crippen LogP contribution in [0.3, 0.4) is 0 Å². The van der Waals surface area contributed by atoms with Gasteiger partial charge in [-0.3, -0.25) is 4.99 Å². The van der Waals surface area contributed by atoms with Gasteiger partial charge in [0.2, 0.25) is 0 Å². The highest BCUT2D eigenvalue weighted by atomic mass is 35.5. The van der Waals surface area contributed by atoms with Gasteiger partial charge in [0.05, 0.1) is 6.54 Å². The Balaban J connectivity index is 2.32. The highest BCUT2D eigenvalue weighted by molar-refractivity contribution is 6.30. The van der Waals surface area contributed by atoms with E-state index in [1.165, 1.54) is 5.56 Å². The third kappa shape index (κ3) is 2.00. The topological polar surface area (TPSA) is 24.4 Å². The summed E-state index contributed by atoms with van der Waals surface area (Å²) in [6, 6.07) is 7.97. The molecule has 0 saturated carbocycles. The van der Waals surface area contributed by atoms with E-state index in [2.05, 4.69) is 36.3 Å². The molecular formula is C12H15ClN2. The van der Waals surface area contributed by atoms with Crippen molar-refractivity contribution >= 4 is 17.4 Å². The van der Waals surface area contributed by atoms with Crippen LogP contribution in [0.25, 0.3) is 0 Å². The first-order valence-electron chi connectivity index (χ1n) is 5.15. The predicted octanol–water partition coefficient (Wildman–Crippen LogP) is 2.62. The fraction of sp³-hybridized carbons (Fsp3) is 0.417. The van der Waals surface area contributed by atoms with Gasteiger partial charge in [-0.25, -0.2) is 0 Å². The zero-order valence-electron chi connectivity index (χ0n) is 9.05. The average molecular weight is 223 g/mol. The highest BCUT2D eigenvalue weighted by Gasteiger charge is 2.28. The molecule has 15 heavy (non-hydrogen) atoms. The minimum Gasteiger partial charge on any atom is -0.371 e. The van der Waals surface area contributed by atoms with Crippen LogP contribution in [-0.4, -0.2) is 18.9 Å². The van der Waals surface area contributed by atoms with Crippen molar-refractivity contribution in [2.45, 2.75) is 19.3 Å². The normalized spacial score (nSPS) is 16.1. The molecule has 0 aliphatic carbocycles. The Kier molecular flexibility index (Phi) is 2.70. The summed E-state index contributed by atoms with van der Waals surface area (Å²) in [5.74, 6) is 1.07. The lowest BCUT2D eigenvalue weighted by Crippen LogP contribution is -2.37. The predicted molar refractivity (Wildman–Crippen MR) is 64.8 cm³/mol. The van der Waals surface area contributed by atoms with E-state index in [0.29, 0.717) is 0 Å². The van der Waals surface area contributed by atoms with Crippen LogP contribution in [-0.2, 0) is 5.41 Å². The van der Waals surface area contributed by atoms with E-state index in [0.717, 1.165) is 23.9 Å². The van der Waals surface area contributed by atoms with E-state index < -0.39 is 0 Å². The van der Waals surface area contributed by atoms with Crippen LogP contribution < -0.4 is 5.32 Å². The van der Waals surface area contributed by atoms with Crippen LogP contribution in [0, 0.1) is 0 Å². The summed E-state index contributed by atoms with van der Waals surface area (Å²) in [6.07, 6.45) is 0. The molecule has 3 heteroatoms. The summed E-state index contributed by atoms with van der Waals surface area (Å²) in [5.41, 5.74) is 1.18. The molecule has 0 atom stereocenters. The van der Waals surface area contributed by atoms with Crippen molar-refractivity contribution in [3.8, 4) is 0 Å². The number of benzene rings is 1. The molecule has 0 spiro atoms. The molecule has 0 radical (unpaired) electrons. The van der Waals surface area contributed by atoms with E-state index in [1.54, 1.807) is 0 Å². The molecular weight excluding hydrogens is 208 g/mol. The van der Waals surface area contributed by atoms with Gasteiger partial charge in [0, 0.05) is 17.0 Å². The molecule has 1 aromatic rings. The molecule has 1 aromatic carbocycles. The molecule has 0 aromatic heterocycles.